The monoisotopic (exact) mass is 525 g/mol. The minimum Gasteiger partial charge on any atom is -0.489 e. The summed E-state index contributed by atoms with van der Waals surface area (Å²) in [6.07, 6.45) is -6.98. The Morgan fingerprint density at radius 3 is 2.16 bits per heavy atom. The van der Waals surface area contributed by atoms with Crippen LogP contribution in [-0.4, -0.2) is 25.4 Å². The number of carbonyl (C=O) groups is 1. The molecule has 0 radical (unpaired) electrons. The molecule has 0 spiro atoms. The van der Waals surface area contributed by atoms with E-state index in [1.165, 1.54) is 13.1 Å². The number of halogens is 6. The molecule has 12 heteroatoms. The van der Waals surface area contributed by atoms with Crippen molar-refractivity contribution in [2.75, 3.05) is 0 Å². The molecule has 2 aromatic carbocycles. The fraction of sp³-hybridized carbons (Fsp3) is 0.280. The van der Waals surface area contributed by atoms with Crippen LogP contribution in [-0.2, 0) is 29.3 Å². The second kappa shape index (κ2) is 8.86. The van der Waals surface area contributed by atoms with Crippen LogP contribution in [0.25, 0.3) is 16.6 Å². The van der Waals surface area contributed by atoms with E-state index in [9.17, 15) is 36.2 Å². The van der Waals surface area contributed by atoms with Crippen LogP contribution in [0.4, 0.5) is 26.3 Å². The van der Waals surface area contributed by atoms with E-state index >= 15 is 0 Å². The van der Waals surface area contributed by atoms with E-state index in [1.54, 1.807) is 48.9 Å². The largest absolute Gasteiger partial charge is 0.489 e. The molecule has 0 fully saturated rings. The van der Waals surface area contributed by atoms with E-state index in [0.29, 0.717) is 34.7 Å². The number of hydrogen-bond acceptors (Lipinski definition) is 3. The van der Waals surface area contributed by atoms with Gasteiger partial charge in [-0.15, -0.1) is 0 Å². The van der Waals surface area contributed by atoms with E-state index < -0.39 is 35.0 Å². The van der Waals surface area contributed by atoms with Crippen LogP contribution in [0.15, 0.2) is 54.9 Å². The molecule has 4 aromatic rings. The van der Waals surface area contributed by atoms with Gasteiger partial charge < -0.3 is 14.4 Å². The van der Waals surface area contributed by atoms with Gasteiger partial charge in [0.1, 0.15) is 17.9 Å². The van der Waals surface area contributed by atoms with Crippen molar-refractivity contribution in [3.05, 3.63) is 77.2 Å². The molecule has 4 rings (SSSR count). The van der Waals surface area contributed by atoms with Gasteiger partial charge in [0.25, 0.3) is 0 Å². The van der Waals surface area contributed by atoms with Gasteiger partial charge in [0, 0.05) is 28.4 Å². The molecule has 6 nitrogen and oxygen atoms in total. The van der Waals surface area contributed by atoms with Gasteiger partial charge >= 0.3 is 18.3 Å². The van der Waals surface area contributed by atoms with Gasteiger partial charge in [-0.2, -0.15) is 31.4 Å². The van der Waals surface area contributed by atoms with Crippen molar-refractivity contribution >= 4 is 16.9 Å². The van der Waals surface area contributed by atoms with Gasteiger partial charge in [-0.1, -0.05) is 0 Å². The highest BCUT2D eigenvalue weighted by molar-refractivity contribution is 5.85. The number of nitrogens with zero attached hydrogens (tertiary/aromatic N) is 3. The first-order chi connectivity index (χ1) is 17.1. The number of carboxylic acid groups (broad SMARTS) is 1. The maximum atomic E-state index is 13.2. The van der Waals surface area contributed by atoms with Gasteiger partial charge in [0.15, 0.2) is 0 Å². The fourth-order valence-corrected chi connectivity index (χ4v) is 3.87. The normalized spacial score (nSPS) is 12.8. The molecule has 2 aromatic heterocycles. The zero-order valence-corrected chi connectivity index (χ0v) is 19.8. The smallest absolute Gasteiger partial charge is 0.416 e. The topological polar surface area (TPSA) is 69.3 Å². The molecule has 37 heavy (non-hydrogen) atoms. The first kappa shape index (κ1) is 26.1. The first-order valence-electron chi connectivity index (χ1n) is 10.9. The van der Waals surface area contributed by atoms with Crippen LogP contribution in [0, 0.1) is 6.92 Å². The summed E-state index contributed by atoms with van der Waals surface area (Å²) >= 11 is 0. The quantitative estimate of drug-likeness (QED) is 0.289. The summed E-state index contributed by atoms with van der Waals surface area (Å²) in [4.78, 5) is 11.6. The third kappa shape index (κ3) is 5.00. The predicted octanol–water partition coefficient (Wildman–Crippen LogP) is 6.57. The van der Waals surface area contributed by atoms with E-state index in [2.05, 4.69) is 5.10 Å². The van der Waals surface area contributed by atoms with E-state index in [4.69, 9.17) is 4.74 Å². The number of alkyl halides is 6. The van der Waals surface area contributed by atoms with Crippen LogP contribution >= 0.6 is 0 Å². The summed E-state index contributed by atoms with van der Waals surface area (Å²) in [7, 11) is 0. The third-order valence-corrected chi connectivity index (χ3v) is 6.11. The maximum absolute atomic E-state index is 13.2. The molecule has 0 aliphatic heterocycles. The second-order valence-electron chi connectivity index (χ2n) is 8.99. The number of benzene rings is 2. The molecule has 0 aliphatic rings. The summed E-state index contributed by atoms with van der Waals surface area (Å²) < 4.78 is 87.8. The van der Waals surface area contributed by atoms with Crippen molar-refractivity contribution < 1.29 is 41.0 Å². The van der Waals surface area contributed by atoms with Gasteiger partial charge in [0.05, 0.1) is 23.0 Å². The minimum absolute atomic E-state index is 0.0518. The summed E-state index contributed by atoms with van der Waals surface area (Å²) in [5, 5.41) is 14.2. The first-order valence-corrected chi connectivity index (χ1v) is 10.9. The van der Waals surface area contributed by atoms with Gasteiger partial charge in [-0.25, -0.2) is 9.48 Å². The number of ether oxygens (including phenoxy) is 1. The highest BCUT2D eigenvalue weighted by atomic mass is 19.4. The molecule has 1 N–H and O–H groups in total. The Kier molecular flexibility index (Phi) is 6.25. The Morgan fingerprint density at radius 2 is 1.59 bits per heavy atom. The standard InChI is InChI=1S/C25H21F6N3O3/c1-14-16(12-32-34(14)19-10-17(24(26,27)28)9-18(11-19)25(29,30)31)13-37-20-4-5-21-15(8-20)6-7-33(21)23(2,3)22(35)36/h4-12H,13H2,1-3H3,(H,35,36). The summed E-state index contributed by atoms with van der Waals surface area (Å²) in [6.45, 7) is 4.60. The van der Waals surface area contributed by atoms with E-state index in [0.717, 1.165) is 10.1 Å². The molecule has 0 saturated carbocycles. The van der Waals surface area contributed by atoms with Gasteiger partial charge in [0.2, 0.25) is 0 Å². The van der Waals surface area contributed by atoms with Crippen LogP contribution in [0.5, 0.6) is 5.75 Å². The highest BCUT2D eigenvalue weighted by Gasteiger charge is 2.37. The van der Waals surface area contributed by atoms with Gasteiger partial charge in [-0.3, -0.25) is 0 Å². The minimum atomic E-state index is -4.97. The van der Waals surface area contributed by atoms with Gasteiger partial charge in [-0.05, 0) is 63.2 Å². The van der Waals surface area contributed by atoms with E-state index in [-0.39, 0.29) is 18.4 Å². The molecular formula is C25H21F6N3O3. The lowest BCUT2D eigenvalue weighted by Gasteiger charge is -2.23. The second-order valence-corrected chi connectivity index (χ2v) is 8.99. The zero-order chi connectivity index (χ0) is 27.3. The van der Waals surface area contributed by atoms with E-state index in [1.807, 2.05) is 0 Å². The summed E-state index contributed by atoms with van der Waals surface area (Å²) in [5.74, 6) is -0.565. The predicted molar refractivity (Wildman–Crippen MR) is 122 cm³/mol. The molecule has 0 saturated heterocycles. The summed E-state index contributed by atoms with van der Waals surface area (Å²) in [6, 6.07) is 8.06. The fourth-order valence-electron chi connectivity index (χ4n) is 3.87. The van der Waals surface area contributed by atoms with Crippen molar-refractivity contribution in [1.82, 2.24) is 14.3 Å². The molecule has 196 valence electrons. The number of carboxylic acids is 1. The van der Waals surface area contributed by atoms with Crippen LogP contribution < -0.4 is 4.74 Å². The number of aliphatic carboxylic acids is 1. The molecule has 0 amide bonds. The molecule has 0 bridgehead atoms. The average molecular weight is 525 g/mol. The molecule has 0 atom stereocenters. The van der Waals surface area contributed by atoms with Crippen molar-refractivity contribution in [3.8, 4) is 11.4 Å². The number of fused-ring (bicyclic) bond motifs is 1. The lowest BCUT2D eigenvalue weighted by molar-refractivity contribution is -0.146. The number of hydrogen-bond donors (Lipinski definition) is 1. The SMILES string of the molecule is Cc1c(COc2ccc3c(ccn3C(C)(C)C(=O)O)c2)cnn1-c1cc(C(F)(F)F)cc(C(F)(F)F)c1. The van der Waals surface area contributed by atoms with Crippen molar-refractivity contribution in [3.63, 3.8) is 0 Å². The summed E-state index contributed by atoms with van der Waals surface area (Å²) in [5.41, 5.74) is -2.99. The molecule has 0 aliphatic carbocycles. The Labute approximate surface area is 206 Å². The van der Waals surface area contributed by atoms with Crippen LogP contribution in [0.2, 0.25) is 0 Å². The molecule has 0 unspecified atom stereocenters. The Bertz CT molecular complexity index is 1450. The zero-order valence-electron chi connectivity index (χ0n) is 19.8. The Balaban J connectivity index is 1.60. The average Bonchev–Trinajstić information content (AvgIpc) is 3.39. The lowest BCUT2D eigenvalue weighted by atomic mass is 10.1. The van der Waals surface area contributed by atoms with Crippen LogP contribution in [0.1, 0.15) is 36.2 Å². The highest BCUT2D eigenvalue weighted by Crippen LogP contribution is 2.37. The third-order valence-electron chi connectivity index (χ3n) is 6.11. The number of aromatic nitrogens is 3. The van der Waals surface area contributed by atoms with Crippen molar-refractivity contribution in [2.24, 2.45) is 0 Å². The van der Waals surface area contributed by atoms with Crippen LogP contribution in [0.3, 0.4) is 0 Å². The van der Waals surface area contributed by atoms with Crippen molar-refractivity contribution in [1.29, 1.82) is 0 Å². The molecule has 2 heterocycles. The van der Waals surface area contributed by atoms with Crippen molar-refractivity contribution in [2.45, 2.75) is 45.3 Å². The molecular weight excluding hydrogens is 504 g/mol. The Hall–Kier alpha value is -3.96. The maximum Gasteiger partial charge on any atom is 0.416 e. The number of rotatable bonds is 6. The Morgan fingerprint density at radius 1 is 0.973 bits per heavy atom. The lowest BCUT2D eigenvalue weighted by Crippen LogP contribution is -2.34.